The first-order valence-electron chi connectivity index (χ1n) is 8.04. The summed E-state index contributed by atoms with van der Waals surface area (Å²) in [6.45, 7) is 1.98. The van der Waals surface area contributed by atoms with Crippen LogP contribution in [0.3, 0.4) is 0 Å². The van der Waals surface area contributed by atoms with Gasteiger partial charge in [-0.25, -0.2) is 14.7 Å². The molecule has 1 aliphatic rings. The van der Waals surface area contributed by atoms with Gasteiger partial charge in [-0.1, -0.05) is 6.07 Å². The van der Waals surface area contributed by atoms with E-state index in [9.17, 15) is 8.78 Å². The second-order valence-corrected chi connectivity index (χ2v) is 6.69. The summed E-state index contributed by atoms with van der Waals surface area (Å²) in [5.41, 5.74) is 8.71. The monoisotopic (exact) mass is 377 g/mol. The van der Waals surface area contributed by atoms with Crippen LogP contribution in [0.2, 0.25) is 0 Å². The first-order chi connectivity index (χ1) is 12.4. The minimum Gasteiger partial charge on any atom is -0.328 e. The molecular weight excluding hydrogens is 355 g/mol. The van der Waals surface area contributed by atoms with Crippen molar-refractivity contribution in [1.82, 2.24) is 0 Å². The molecule has 2 unspecified atom stereocenters. The van der Waals surface area contributed by atoms with E-state index in [1.807, 2.05) is 19.1 Å². The van der Waals surface area contributed by atoms with Crippen LogP contribution in [-0.2, 0) is 17.9 Å². The van der Waals surface area contributed by atoms with Gasteiger partial charge in [-0.15, -0.1) is 9.24 Å². The molecule has 0 bridgehead atoms. The van der Waals surface area contributed by atoms with Gasteiger partial charge in [0, 0.05) is 23.4 Å². The van der Waals surface area contributed by atoms with Crippen LogP contribution in [-0.4, -0.2) is 12.3 Å². The number of hydrogen-bond donors (Lipinski definition) is 2. The van der Waals surface area contributed by atoms with Crippen LogP contribution in [0.15, 0.2) is 47.5 Å². The minimum absolute atomic E-state index is 0.0661. The van der Waals surface area contributed by atoms with Gasteiger partial charge in [0.15, 0.2) is 0 Å². The zero-order chi connectivity index (χ0) is 19.1. The van der Waals surface area contributed by atoms with Gasteiger partial charge in [0.25, 0.3) is 0 Å². The molecule has 7 heteroatoms. The van der Waals surface area contributed by atoms with E-state index >= 15 is 0 Å². The van der Waals surface area contributed by atoms with Gasteiger partial charge in [-0.05, 0) is 60.6 Å². The lowest BCUT2D eigenvalue weighted by Gasteiger charge is -2.08. The molecule has 4 N–H and O–H groups in total. The van der Waals surface area contributed by atoms with Crippen LogP contribution in [0.25, 0.3) is 5.70 Å². The summed E-state index contributed by atoms with van der Waals surface area (Å²) in [7, 11) is 2.48. The highest BCUT2D eigenvalue weighted by Crippen LogP contribution is 2.22. The van der Waals surface area contributed by atoms with Crippen molar-refractivity contribution in [2.75, 3.05) is 0 Å². The number of rotatable bonds is 5. The fraction of sp³-hybridized carbons (Fsp3) is 0.211. The molecule has 138 valence electrons. The average molecular weight is 377 g/mol. The molecule has 0 spiro atoms. The summed E-state index contributed by atoms with van der Waals surface area (Å²) in [6.07, 6.45) is 4.28. The molecule has 1 aliphatic heterocycles. The van der Waals surface area contributed by atoms with Gasteiger partial charge in [0.05, 0.1) is 12.3 Å². The number of nitrogens with zero attached hydrogens (tertiary/aromatic N) is 1. The maximum Gasteiger partial charge on any atom is 0.128 e. The second-order valence-electron chi connectivity index (χ2n) is 6.02. The molecule has 0 fully saturated rings. The number of benzene rings is 2. The third-order valence-corrected chi connectivity index (χ3v) is 3.90. The van der Waals surface area contributed by atoms with Gasteiger partial charge in [-0.3, -0.25) is 9.83 Å². The van der Waals surface area contributed by atoms with Crippen LogP contribution < -0.4 is 16.9 Å². The quantitative estimate of drug-likeness (QED) is 0.622. The van der Waals surface area contributed by atoms with Crippen molar-refractivity contribution in [3.8, 4) is 0 Å². The molecule has 2 aromatic carbocycles. The molecule has 2 atom stereocenters. The number of aliphatic imine (C=N–C) groups is 1. The van der Waals surface area contributed by atoms with Crippen molar-refractivity contribution < 1.29 is 13.6 Å². The Bertz CT molecular complexity index is 802. The summed E-state index contributed by atoms with van der Waals surface area (Å²) >= 11 is 0. The van der Waals surface area contributed by atoms with Crippen molar-refractivity contribution in [3.05, 3.63) is 70.8 Å². The van der Waals surface area contributed by atoms with Crippen molar-refractivity contribution in [3.63, 3.8) is 0 Å². The summed E-state index contributed by atoms with van der Waals surface area (Å²) in [5, 5.41) is 0.866. The van der Waals surface area contributed by atoms with Crippen LogP contribution in [0.5, 0.6) is 0 Å². The minimum atomic E-state index is -0.317. The Kier molecular flexibility index (Phi) is 7.54. The maximum atomic E-state index is 13.1. The molecule has 3 rings (SSSR count). The Morgan fingerprint density at radius 3 is 2.46 bits per heavy atom. The fourth-order valence-electron chi connectivity index (χ4n) is 2.42. The van der Waals surface area contributed by atoms with Crippen LogP contribution in [0.4, 0.5) is 8.78 Å². The number of halogens is 2. The molecule has 0 amide bonds. The number of hydrogen-bond acceptors (Lipinski definition) is 4. The lowest BCUT2D eigenvalue weighted by molar-refractivity contribution is 0.121. The first-order valence-corrected chi connectivity index (χ1v) is 8.62. The Morgan fingerprint density at radius 1 is 1.19 bits per heavy atom. The van der Waals surface area contributed by atoms with E-state index in [-0.39, 0.29) is 24.3 Å². The largest absolute Gasteiger partial charge is 0.328 e. The molecule has 0 aliphatic carbocycles. The normalized spacial score (nSPS) is 13.4. The average Bonchev–Trinajstić information content (AvgIpc) is 2.48. The van der Waals surface area contributed by atoms with Crippen molar-refractivity contribution in [1.29, 1.82) is 0 Å². The highest BCUT2D eigenvalue weighted by molar-refractivity contribution is 7.27. The third-order valence-electron chi connectivity index (χ3n) is 3.56. The zero-order valence-corrected chi connectivity index (χ0v) is 15.6. The van der Waals surface area contributed by atoms with Gasteiger partial charge >= 0.3 is 0 Å². The third kappa shape index (κ3) is 6.07. The van der Waals surface area contributed by atoms with E-state index in [2.05, 4.69) is 19.1 Å². The van der Waals surface area contributed by atoms with Crippen LogP contribution >= 0.6 is 9.24 Å². The predicted octanol–water partition coefficient (Wildman–Crippen LogP) is 2.86. The Morgan fingerprint density at radius 2 is 1.92 bits per heavy atom. The Labute approximate surface area is 154 Å². The molecular formula is C19H22F2N3OP. The van der Waals surface area contributed by atoms with Gasteiger partial charge in [-0.2, -0.15) is 0 Å². The van der Waals surface area contributed by atoms with Crippen molar-refractivity contribution in [2.24, 2.45) is 16.6 Å². The molecule has 0 radical (unpaired) electrons. The van der Waals surface area contributed by atoms with Gasteiger partial charge < -0.3 is 5.73 Å². The van der Waals surface area contributed by atoms with Gasteiger partial charge in [0.1, 0.15) is 11.6 Å². The van der Waals surface area contributed by atoms with Crippen LogP contribution in [0.1, 0.15) is 23.6 Å². The number of allylic oxidation sites excluding steroid dienone is 1. The number of nitrogens with two attached hydrogens (primary N) is 2. The molecule has 0 aromatic heterocycles. The summed E-state index contributed by atoms with van der Waals surface area (Å²) in [5.74, 6) is 4.38. The van der Waals surface area contributed by atoms with Crippen molar-refractivity contribution in [2.45, 2.75) is 26.0 Å². The molecule has 2 aromatic rings. The lowest BCUT2D eigenvalue weighted by atomic mass is 10.1. The van der Waals surface area contributed by atoms with Gasteiger partial charge in [0.2, 0.25) is 0 Å². The smallest absolute Gasteiger partial charge is 0.128 e. The van der Waals surface area contributed by atoms with E-state index in [1.54, 1.807) is 18.3 Å². The predicted molar refractivity (Wildman–Crippen MR) is 105 cm³/mol. The van der Waals surface area contributed by atoms with Crippen molar-refractivity contribution >= 4 is 26.5 Å². The molecule has 1 heterocycles. The maximum absolute atomic E-state index is 13.1. The molecule has 0 saturated carbocycles. The Hall–Kier alpha value is -1.98. The van der Waals surface area contributed by atoms with E-state index < -0.39 is 0 Å². The van der Waals surface area contributed by atoms with E-state index in [1.165, 1.54) is 18.2 Å². The summed E-state index contributed by atoms with van der Waals surface area (Å²) in [4.78, 5) is 8.41. The Balaban J connectivity index is 0.000000190. The zero-order valence-electron chi connectivity index (χ0n) is 14.5. The van der Waals surface area contributed by atoms with E-state index in [4.69, 9.17) is 11.6 Å². The summed E-state index contributed by atoms with van der Waals surface area (Å²) < 4.78 is 26.0. The topological polar surface area (TPSA) is 73.6 Å². The highest BCUT2D eigenvalue weighted by atomic mass is 31.0. The highest BCUT2D eigenvalue weighted by Gasteiger charge is 2.08. The lowest BCUT2D eigenvalue weighted by Crippen LogP contribution is -2.18. The van der Waals surface area contributed by atoms with E-state index in [0.717, 1.165) is 28.5 Å². The molecule has 4 nitrogen and oxygen atoms in total. The second kappa shape index (κ2) is 9.64. The fourth-order valence-corrected chi connectivity index (χ4v) is 2.79. The molecule has 0 saturated heterocycles. The van der Waals surface area contributed by atoms with E-state index in [0.29, 0.717) is 5.56 Å². The SMILES string of the molecule is CC(N)Cc1cc(F)cc(P)c1.NOCc1cc(C2=CC=N2)ccc1F. The van der Waals surface area contributed by atoms with Crippen LogP contribution in [0, 0.1) is 11.6 Å². The summed E-state index contributed by atoms with van der Waals surface area (Å²) in [6, 6.07) is 9.76. The first kappa shape index (κ1) is 20.3. The molecule has 26 heavy (non-hydrogen) atoms. The standard InChI is InChI=1S/C10H9FN2O.C9H13FNP/c11-9-2-1-7(10-3-4-13-10)5-8(9)6-14-12;1-6(11)2-7-3-8(10)5-9(12)4-7/h1-5H,6,12H2;3-6H,2,11-12H2,1H3.